The van der Waals surface area contributed by atoms with Gasteiger partial charge in [0.05, 0.1) is 0 Å². The highest BCUT2D eigenvalue weighted by Crippen LogP contribution is 1.94. The summed E-state index contributed by atoms with van der Waals surface area (Å²) in [4.78, 5) is 0. The molecule has 0 bridgehead atoms. The lowest BCUT2D eigenvalue weighted by molar-refractivity contribution is 0.291. The maximum atomic E-state index is 8.01. The van der Waals surface area contributed by atoms with Gasteiger partial charge in [-0.1, -0.05) is 18.2 Å². The summed E-state index contributed by atoms with van der Waals surface area (Å²) in [6.45, 7) is 3.31. The largest absolute Gasteiger partial charge is 0.436 e. The van der Waals surface area contributed by atoms with Gasteiger partial charge in [0.2, 0.25) is 0 Å². The van der Waals surface area contributed by atoms with Crippen molar-refractivity contribution in [2.45, 2.75) is 5.56 Å². The van der Waals surface area contributed by atoms with E-state index in [1.807, 2.05) is 0 Å². The average molecular weight is 120 g/mol. The minimum atomic E-state index is -0.565. The maximum Gasteiger partial charge on any atom is 0.436 e. The van der Waals surface area contributed by atoms with Crippen molar-refractivity contribution in [3.63, 3.8) is 0 Å². The Bertz CT molecular complexity index is 58.9. The topological polar surface area (TPSA) is 29.5 Å². The van der Waals surface area contributed by atoms with Crippen LogP contribution in [0.15, 0.2) is 12.7 Å². The summed E-state index contributed by atoms with van der Waals surface area (Å²) in [6.07, 6.45) is 1.39. The molecule has 7 heavy (non-hydrogen) atoms. The molecule has 0 heterocycles. The number of hydrogen-bond acceptors (Lipinski definition) is 2. The van der Waals surface area contributed by atoms with E-state index in [1.54, 1.807) is 0 Å². The molecule has 0 aromatic carbocycles. The van der Waals surface area contributed by atoms with E-state index < -0.39 is 5.56 Å². The lowest BCUT2D eigenvalue weighted by Crippen LogP contribution is -2.04. The molecule has 1 unspecified atom stereocenters. The fourth-order valence-electron chi connectivity index (χ4n) is 0.139. The first kappa shape index (κ1) is 7.01. The highest BCUT2D eigenvalue weighted by molar-refractivity contribution is 6.24. The van der Waals surface area contributed by atoms with Crippen LogP contribution in [-0.2, 0) is 4.65 Å². The third-order valence-electron chi connectivity index (χ3n) is 0.419. The third kappa shape index (κ3) is 3.86. The van der Waals surface area contributed by atoms with Crippen LogP contribution in [0.2, 0.25) is 0 Å². The summed E-state index contributed by atoms with van der Waals surface area (Å²) in [5, 5.41) is 8.01. The first-order chi connectivity index (χ1) is 3.31. The van der Waals surface area contributed by atoms with Crippen molar-refractivity contribution in [3.8, 4) is 0 Å². The Hall–Kier alpha value is 0.0149. The second kappa shape index (κ2) is 4.18. The van der Waals surface area contributed by atoms with E-state index in [1.165, 1.54) is 6.08 Å². The quantitative estimate of drug-likeness (QED) is 0.323. The summed E-state index contributed by atoms with van der Waals surface area (Å²) < 4.78 is 4.39. The van der Waals surface area contributed by atoms with Gasteiger partial charge in [-0.15, -0.1) is 0 Å². The number of halogens is 1. The maximum absolute atomic E-state index is 8.01. The number of hydrogen-bond donors (Lipinski definition) is 1. The molecule has 0 aromatic rings. The second-order valence-electron chi connectivity index (χ2n) is 0.883. The summed E-state index contributed by atoms with van der Waals surface area (Å²) in [5.74, 6) is 0. The van der Waals surface area contributed by atoms with Gasteiger partial charge in [-0.3, -0.25) is 0 Å². The van der Waals surface area contributed by atoms with Crippen molar-refractivity contribution in [2.75, 3.05) is 0 Å². The second-order valence-corrected chi connectivity index (χ2v) is 1.31. The minimum absolute atomic E-state index is 0.361. The Morgan fingerprint density at radius 3 is 2.71 bits per heavy atom. The van der Waals surface area contributed by atoms with Gasteiger partial charge >= 0.3 is 7.69 Å². The highest BCUT2D eigenvalue weighted by atomic mass is 35.5. The first-order valence-corrected chi connectivity index (χ1v) is 2.24. The molecule has 0 rings (SSSR count). The predicted molar refractivity (Wildman–Crippen MR) is 30.3 cm³/mol. The molecule has 4 heteroatoms. The highest BCUT2D eigenvalue weighted by Gasteiger charge is 1.93. The zero-order chi connectivity index (χ0) is 5.70. The van der Waals surface area contributed by atoms with E-state index in [2.05, 4.69) is 11.2 Å². The van der Waals surface area contributed by atoms with Crippen LogP contribution in [-0.4, -0.2) is 18.3 Å². The van der Waals surface area contributed by atoms with E-state index >= 15 is 0 Å². The van der Waals surface area contributed by atoms with Gasteiger partial charge in [-0.05, 0) is 6.08 Å². The Kier molecular flexibility index (Phi) is 4.19. The minimum Gasteiger partial charge on any atom is -0.430 e. The zero-order valence-electron chi connectivity index (χ0n) is 3.80. The Labute approximate surface area is 48.0 Å². The molecule has 0 fully saturated rings. The molecule has 0 aliphatic rings. The summed E-state index contributed by atoms with van der Waals surface area (Å²) in [5.41, 5.74) is -0.565. The van der Waals surface area contributed by atoms with Crippen LogP contribution in [0.25, 0.3) is 0 Å². The SMILES string of the molecule is C=CC(Cl)OBO. The lowest BCUT2D eigenvalue weighted by atomic mass is 10.4. The molecule has 0 saturated heterocycles. The van der Waals surface area contributed by atoms with Crippen LogP contribution in [0.4, 0.5) is 0 Å². The van der Waals surface area contributed by atoms with Gasteiger partial charge in [0.25, 0.3) is 0 Å². The van der Waals surface area contributed by atoms with Gasteiger partial charge in [-0.25, -0.2) is 0 Å². The monoisotopic (exact) mass is 120 g/mol. The Balaban J connectivity index is 2.98. The molecular formula is C3H6BClO2. The summed E-state index contributed by atoms with van der Waals surface area (Å²) >= 11 is 5.27. The van der Waals surface area contributed by atoms with Crippen LogP contribution < -0.4 is 0 Å². The van der Waals surface area contributed by atoms with E-state index in [0.29, 0.717) is 0 Å². The standard InChI is InChI=1S/C3H6BClO2/c1-2-3(5)7-4-6/h2-4,6H,1H2. The van der Waals surface area contributed by atoms with Crippen molar-refractivity contribution < 1.29 is 9.68 Å². The van der Waals surface area contributed by atoms with Crippen LogP contribution in [0.5, 0.6) is 0 Å². The zero-order valence-corrected chi connectivity index (χ0v) is 4.56. The molecule has 2 nitrogen and oxygen atoms in total. The van der Waals surface area contributed by atoms with Crippen molar-refractivity contribution in [1.82, 2.24) is 0 Å². The van der Waals surface area contributed by atoms with E-state index in [9.17, 15) is 0 Å². The lowest BCUT2D eigenvalue weighted by Gasteiger charge is -1.98. The van der Waals surface area contributed by atoms with Gasteiger partial charge in [0, 0.05) is 0 Å². The predicted octanol–water partition coefficient (Wildman–Crippen LogP) is 0.0127. The van der Waals surface area contributed by atoms with Crippen LogP contribution >= 0.6 is 11.6 Å². The van der Waals surface area contributed by atoms with Crippen LogP contribution in [0.1, 0.15) is 0 Å². The molecule has 0 radical (unpaired) electrons. The van der Waals surface area contributed by atoms with Crippen LogP contribution in [0, 0.1) is 0 Å². The normalized spacial score (nSPS) is 12.9. The molecule has 0 spiro atoms. The number of alkyl halides is 1. The smallest absolute Gasteiger partial charge is 0.430 e. The molecule has 0 aliphatic carbocycles. The fraction of sp³-hybridized carbons (Fsp3) is 0.333. The van der Waals surface area contributed by atoms with Crippen molar-refractivity contribution >= 4 is 19.3 Å². The van der Waals surface area contributed by atoms with E-state index in [0.717, 1.165) is 0 Å². The molecule has 1 atom stereocenters. The van der Waals surface area contributed by atoms with Gasteiger partial charge < -0.3 is 9.68 Å². The van der Waals surface area contributed by atoms with Gasteiger partial charge in [0.15, 0.2) is 0 Å². The molecule has 0 aliphatic heterocycles. The van der Waals surface area contributed by atoms with Gasteiger partial charge in [0.1, 0.15) is 5.56 Å². The van der Waals surface area contributed by atoms with E-state index in [-0.39, 0.29) is 7.69 Å². The van der Waals surface area contributed by atoms with Gasteiger partial charge in [-0.2, -0.15) is 0 Å². The van der Waals surface area contributed by atoms with Crippen molar-refractivity contribution in [2.24, 2.45) is 0 Å². The molecule has 0 saturated carbocycles. The molecular weight excluding hydrogens is 114 g/mol. The van der Waals surface area contributed by atoms with Crippen molar-refractivity contribution in [1.29, 1.82) is 0 Å². The first-order valence-electron chi connectivity index (χ1n) is 1.80. The van der Waals surface area contributed by atoms with E-state index in [4.69, 9.17) is 16.6 Å². The molecule has 40 valence electrons. The summed E-state index contributed by atoms with van der Waals surface area (Å²) in [7, 11) is -0.361. The molecule has 0 aromatic heterocycles. The average Bonchev–Trinajstić information content (AvgIpc) is 1.68. The molecule has 0 amide bonds. The third-order valence-corrected chi connectivity index (χ3v) is 0.723. The number of rotatable bonds is 3. The summed E-state index contributed by atoms with van der Waals surface area (Å²) in [6, 6.07) is 0. The Morgan fingerprint density at radius 2 is 2.57 bits per heavy atom. The Morgan fingerprint density at radius 1 is 2.00 bits per heavy atom. The fourth-order valence-corrected chi connectivity index (χ4v) is 0.196. The molecule has 1 N–H and O–H groups in total. The van der Waals surface area contributed by atoms with Crippen LogP contribution in [0.3, 0.4) is 0 Å². The van der Waals surface area contributed by atoms with Crippen molar-refractivity contribution in [3.05, 3.63) is 12.7 Å².